The Balaban J connectivity index is 1.53. The molecular weight excluding hydrogens is 360 g/mol. The van der Waals surface area contributed by atoms with Gasteiger partial charge in [0.1, 0.15) is 6.04 Å². The summed E-state index contributed by atoms with van der Waals surface area (Å²) in [5, 5.41) is 6.74. The van der Waals surface area contributed by atoms with Crippen LogP contribution in [-0.4, -0.2) is 44.7 Å². The standard InChI is InChI=1S/C21H27ClN4O/c1-3-25-11-13-26(14-12-25)20-9-7-18(8-10-20)23-16(2)21(27)24-19-6-4-5-17(22)15-19/h4-10,15-16,23H,3,11-14H2,1-2H3,(H,24,27)/p+1/t16-/m1/s1. The topological polar surface area (TPSA) is 48.8 Å². The smallest absolute Gasteiger partial charge is 0.246 e. The van der Waals surface area contributed by atoms with E-state index in [1.54, 1.807) is 17.0 Å². The molecule has 1 atom stereocenters. The molecule has 0 spiro atoms. The number of rotatable bonds is 6. The molecular formula is C21H28ClN4O+. The minimum Gasteiger partial charge on any atom is -0.374 e. The van der Waals surface area contributed by atoms with Crippen LogP contribution in [0.4, 0.5) is 17.1 Å². The lowest BCUT2D eigenvalue weighted by molar-refractivity contribution is -0.898. The number of amides is 1. The van der Waals surface area contributed by atoms with Crippen LogP contribution in [0.5, 0.6) is 0 Å². The molecule has 5 nitrogen and oxygen atoms in total. The van der Waals surface area contributed by atoms with Gasteiger partial charge in [0, 0.05) is 22.1 Å². The SMILES string of the molecule is CC[NH+]1CCN(c2ccc(N[C@H](C)C(=O)Nc3cccc(Cl)c3)cc2)CC1. The summed E-state index contributed by atoms with van der Waals surface area (Å²) in [7, 11) is 0. The van der Waals surface area contributed by atoms with Crippen molar-refractivity contribution in [2.24, 2.45) is 0 Å². The molecule has 3 rings (SSSR count). The number of nitrogens with zero attached hydrogens (tertiary/aromatic N) is 1. The predicted octanol–water partition coefficient (Wildman–Crippen LogP) is 2.50. The van der Waals surface area contributed by atoms with E-state index in [1.165, 1.54) is 25.3 Å². The van der Waals surface area contributed by atoms with Crippen molar-refractivity contribution in [3.63, 3.8) is 0 Å². The molecule has 0 aliphatic carbocycles. The van der Waals surface area contributed by atoms with Crippen LogP contribution in [0, 0.1) is 0 Å². The maximum Gasteiger partial charge on any atom is 0.246 e. The number of anilines is 3. The van der Waals surface area contributed by atoms with Gasteiger partial charge in [-0.3, -0.25) is 4.79 Å². The van der Waals surface area contributed by atoms with E-state index in [-0.39, 0.29) is 11.9 Å². The molecule has 2 aromatic rings. The fourth-order valence-corrected chi connectivity index (χ4v) is 3.53. The Morgan fingerprint density at radius 2 is 1.85 bits per heavy atom. The van der Waals surface area contributed by atoms with E-state index in [9.17, 15) is 4.79 Å². The van der Waals surface area contributed by atoms with Crippen molar-refractivity contribution >= 4 is 34.6 Å². The molecule has 1 saturated heterocycles. The number of likely N-dealkylation sites (N-methyl/N-ethyl adjacent to an activating group) is 1. The molecule has 1 aliphatic rings. The summed E-state index contributed by atoms with van der Waals surface area (Å²) >= 11 is 5.96. The first-order valence-corrected chi connectivity index (χ1v) is 9.94. The predicted molar refractivity (Wildman–Crippen MR) is 113 cm³/mol. The second-order valence-electron chi connectivity index (χ2n) is 7.00. The number of hydrogen-bond donors (Lipinski definition) is 3. The summed E-state index contributed by atoms with van der Waals surface area (Å²) in [6.45, 7) is 9.86. The maximum absolute atomic E-state index is 12.4. The van der Waals surface area contributed by atoms with Gasteiger partial charge in [0.15, 0.2) is 0 Å². The van der Waals surface area contributed by atoms with Crippen LogP contribution in [0.15, 0.2) is 48.5 Å². The highest BCUT2D eigenvalue weighted by molar-refractivity contribution is 6.30. The van der Waals surface area contributed by atoms with Crippen LogP contribution in [-0.2, 0) is 4.79 Å². The van der Waals surface area contributed by atoms with E-state index in [0.717, 1.165) is 18.8 Å². The van der Waals surface area contributed by atoms with Crippen molar-refractivity contribution in [3.8, 4) is 0 Å². The third-order valence-electron chi connectivity index (χ3n) is 5.07. The third kappa shape index (κ3) is 5.37. The van der Waals surface area contributed by atoms with Gasteiger partial charge in [-0.15, -0.1) is 0 Å². The first-order chi connectivity index (χ1) is 13.0. The molecule has 0 saturated carbocycles. The number of piperazine rings is 1. The number of benzene rings is 2. The van der Waals surface area contributed by atoms with Gasteiger partial charge < -0.3 is 20.4 Å². The van der Waals surface area contributed by atoms with Crippen molar-refractivity contribution in [2.75, 3.05) is 48.3 Å². The number of nitrogens with one attached hydrogen (secondary N) is 3. The number of quaternary nitrogens is 1. The van der Waals surface area contributed by atoms with Gasteiger partial charge in [-0.2, -0.15) is 0 Å². The van der Waals surface area contributed by atoms with Gasteiger partial charge >= 0.3 is 0 Å². The maximum atomic E-state index is 12.4. The summed E-state index contributed by atoms with van der Waals surface area (Å²) in [5.41, 5.74) is 2.88. The molecule has 3 N–H and O–H groups in total. The first-order valence-electron chi connectivity index (χ1n) is 9.56. The minimum absolute atomic E-state index is 0.0972. The highest BCUT2D eigenvalue weighted by Crippen LogP contribution is 2.19. The molecule has 0 unspecified atom stereocenters. The number of carbonyl (C=O) groups is 1. The summed E-state index contributed by atoms with van der Waals surface area (Å²) in [4.78, 5) is 16.5. The first kappa shape index (κ1) is 19.5. The molecule has 1 fully saturated rings. The van der Waals surface area contributed by atoms with Crippen LogP contribution in [0.1, 0.15) is 13.8 Å². The molecule has 144 valence electrons. The van der Waals surface area contributed by atoms with E-state index < -0.39 is 0 Å². The number of hydrogen-bond acceptors (Lipinski definition) is 3. The second-order valence-corrected chi connectivity index (χ2v) is 7.44. The van der Waals surface area contributed by atoms with E-state index in [2.05, 4.69) is 34.6 Å². The molecule has 0 radical (unpaired) electrons. The Labute approximate surface area is 166 Å². The van der Waals surface area contributed by atoms with Gasteiger partial charge in [0.2, 0.25) is 5.91 Å². The summed E-state index contributed by atoms with van der Waals surface area (Å²) in [6.07, 6.45) is 0. The average molecular weight is 388 g/mol. The Morgan fingerprint density at radius 3 is 2.48 bits per heavy atom. The van der Waals surface area contributed by atoms with Crippen molar-refractivity contribution in [1.82, 2.24) is 0 Å². The van der Waals surface area contributed by atoms with E-state index >= 15 is 0 Å². The highest BCUT2D eigenvalue weighted by Gasteiger charge is 2.19. The quantitative estimate of drug-likeness (QED) is 0.713. The Morgan fingerprint density at radius 1 is 1.15 bits per heavy atom. The van der Waals surface area contributed by atoms with E-state index in [1.807, 2.05) is 31.2 Å². The summed E-state index contributed by atoms with van der Waals surface area (Å²) in [6, 6.07) is 15.1. The van der Waals surface area contributed by atoms with Gasteiger partial charge in [0.25, 0.3) is 0 Å². The number of halogens is 1. The zero-order valence-electron chi connectivity index (χ0n) is 16.0. The van der Waals surface area contributed by atoms with Crippen molar-refractivity contribution in [2.45, 2.75) is 19.9 Å². The van der Waals surface area contributed by atoms with Crippen LogP contribution in [0.3, 0.4) is 0 Å². The third-order valence-corrected chi connectivity index (χ3v) is 5.31. The molecule has 1 amide bonds. The lowest BCUT2D eigenvalue weighted by Gasteiger charge is -2.33. The fraction of sp³-hybridized carbons (Fsp3) is 0.381. The molecule has 0 aromatic heterocycles. The monoisotopic (exact) mass is 387 g/mol. The molecule has 2 aromatic carbocycles. The molecule has 1 heterocycles. The summed E-state index contributed by atoms with van der Waals surface area (Å²) in [5.74, 6) is -0.0972. The molecule has 6 heteroatoms. The van der Waals surface area contributed by atoms with Crippen molar-refractivity contribution in [1.29, 1.82) is 0 Å². The number of carbonyl (C=O) groups excluding carboxylic acids is 1. The Kier molecular flexibility index (Phi) is 6.58. The van der Waals surface area contributed by atoms with Crippen LogP contribution in [0.25, 0.3) is 0 Å². The van der Waals surface area contributed by atoms with Crippen molar-refractivity contribution < 1.29 is 9.69 Å². The highest BCUT2D eigenvalue weighted by atomic mass is 35.5. The molecule has 1 aliphatic heterocycles. The largest absolute Gasteiger partial charge is 0.374 e. The van der Waals surface area contributed by atoms with Crippen LogP contribution in [0.2, 0.25) is 5.02 Å². The summed E-state index contributed by atoms with van der Waals surface area (Å²) < 4.78 is 0. The van der Waals surface area contributed by atoms with Crippen LogP contribution >= 0.6 is 11.6 Å². The van der Waals surface area contributed by atoms with Crippen LogP contribution < -0.4 is 20.4 Å². The van der Waals surface area contributed by atoms with Gasteiger partial charge in [-0.1, -0.05) is 17.7 Å². The fourth-order valence-electron chi connectivity index (χ4n) is 3.34. The van der Waals surface area contributed by atoms with Gasteiger partial charge in [-0.25, -0.2) is 0 Å². The van der Waals surface area contributed by atoms with E-state index in [0.29, 0.717) is 10.7 Å². The Bertz CT molecular complexity index is 757. The zero-order valence-corrected chi connectivity index (χ0v) is 16.7. The lowest BCUT2D eigenvalue weighted by Crippen LogP contribution is -3.14. The average Bonchev–Trinajstić information content (AvgIpc) is 2.68. The molecule has 27 heavy (non-hydrogen) atoms. The lowest BCUT2D eigenvalue weighted by atomic mass is 10.2. The Hall–Kier alpha value is -2.24. The zero-order chi connectivity index (χ0) is 19.2. The van der Waals surface area contributed by atoms with Crippen molar-refractivity contribution in [3.05, 3.63) is 53.6 Å². The normalized spacial score (nSPS) is 16.0. The van der Waals surface area contributed by atoms with Gasteiger partial charge in [-0.05, 0) is 56.3 Å². The van der Waals surface area contributed by atoms with Gasteiger partial charge in [0.05, 0.1) is 32.7 Å². The molecule has 0 bridgehead atoms. The second kappa shape index (κ2) is 9.11. The minimum atomic E-state index is -0.355. The van der Waals surface area contributed by atoms with E-state index in [4.69, 9.17) is 11.6 Å².